The Hall–Kier alpha value is -0.860. The molecule has 0 spiro atoms. The van der Waals surface area contributed by atoms with Crippen molar-refractivity contribution < 1.29 is 0 Å². The summed E-state index contributed by atoms with van der Waals surface area (Å²) in [5, 5.41) is 3.69. The topological polar surface area (TPSA) is 15.3 Å². The molecule has 0 radical (unpaired) electrons. The van der Waals surface area contributed by atoms with Crippen molar-refractivity contribution in [2.45, 2.75) is 64.5 Å². The van der Waals surface area contributed by atoms with Gasteiger partial charge in [-0.05, 0) is 25.3 Å². The Kier molecular flexibility index (Phi) is 7.25. The molecule has 0 aliphatic carbocycles. The van der Waals surface area contributed by atoms with Gasteiger partial charge in [0.2, 0.25) is 0 Å². The van der Waals surface area contributed by atoms with Gasteiger partial charge in [-0.25, -0.2) is 0 Å². The van der Waals surface area contributed by atoms with Gasteiger partial charge in [-0.2, -0.15) is 0 Å². The van der Waals surface area contributed by atoms with E-state index in [-0.39, 0.29) is 0 Å². The number of hydrogen-bond acceptors (Lipinski definition) is 2. The van der Waals surface area contributed by atoms with Gasteiger partial charge in [0.15, 0.2) is 0 Å². The fourth-order valence-electron chi connectivity index (χ4n) is 3.34. The predicted molar refractivity (Wildman–Crippen MR) is 91.7 cm³/mol. The minimum Gasteiger partial charge on any atom is -0.311 e. The van der Waals surface area contributed by atoms with E-state index in [1.54, 1.807) is 0 Å². The van der Waals surface area contributed by atoms with Gasteiger partial charge in [-0.15, -0.1) is 0 Å². The van der Waals surface area contributed by atoms with Crippen molar-refractivity contribution in [2.75, 3.05) is 19.6 Å². The van der Waals surface area contributed by atoms with E-state index < -0.39 is 0 Å². The lowest BCUT2D eigenvalue weighted by atomic mass is 10.0. The highest BCUT2D eigenvalue weighted by Crippen LogP contribution is 2.14. The van der Waals surface area contributed by atoms with E-state index in [0.717, 1.165) is 19.0 Å². The lowest BCUT2D eigenvalue weighted by molar-refractivity contribution is 0.144. The maximum Gasteiger partial charge on any atom is 0.0236 e. The zero-order chi connectivity index (χ0) is 14.9. The normalized spacial score (nSPS) is 21.3. The lowest BCUT2D eigenvalue weighted by Crippen LogP contribution is -2.54. The van der Waals surface area contributed by atoms with E-state index >= 15 is 0 Å². The molecule has 21 heavy (non-hydrogen) atoms. The quantitative estimate of drug-likeness (QED) is 0.731. The van der Waals surface area contributed by atoms with Gasteiger partial charge in [0.05, 0.1) is 0 Å². The predicted octanol–water partition coefficient (Wildman–Crippen LogP) is 3.86. The highest BCUT2D eigenvalue weighted by molar-refractivity contribution is 5.16. The maximum atomic E-state index is 3.69. The standard InChI is InChI=1S/C19H32N2/c1-3-4-5-7-10-17(2)21-14-13-20-19(16-21)15-18-11-8-6-9-12-18/h6,8-9,11-12,17,19-20H,3-5,7,10,13-16H2,1-2H3. The molecule has 0 bridgehead atoms. The number of nitrogens with zero attached hydrogens (tertiary/aromatic N) is 1. The zero-order valence-corrected chi connectivity index (χ0v) is 13.9. The first-order chi connectivity index (χ1) is 10.3. The smallest absolute Gasteiger partial charge is 0.0236 e. The second-order valence-corrected chi connectivity index (χ2v) is 6.53. The molecule has 1 aromatic rings. The van der Waals surface area contributed by atoms with Gasteiger partial charge in [0, 0.05) is 31.7 Å². The first-order valence-electron chi connectivity index (χ1n) is 8.81. The summed E-state index contributed by atoms with van der Waals surface area (Å²) in [7, 11) is 0. The Labute approximate surface area is 130 Å². The van der Waals surface area contributed by atoms with Gasteiger partial charge >= 0.3 is 0 Å². The SMILES string of the molecule is CCCCCCC(C)N1CCNC(Cc2ccccc2)C1. The summed E-state index contributed by atoms with van der Waals surface area (Å²) in [5.74, 6) is 0. The maximum absolute atomic E-state index is 3.69. The zero-order valence-electron chi connectivity index (χ0n) is 13.9. The Bertz CT molecular complexity index is 376. The molecule has 1 saturated heterocycles. The van der Waals surface area contributed by atoms with Gasteiger partial charge in [-0.1, -0.05) is 62.9 Å². The van der Waals surface area contributed by atoms with Gasteiger partial charge in [0.1, 0.15) is 0 Å². The van der Waals surface area contributed by atoms with Crippen LogP contribution in [0.1, 0.15) is 51.5 Å². The van der Waals surface area contributed by atoms with E-state index in [0.29, 0.717) is 6.04 Å². The summed E-state index contributed by atoms with van der Waals surface area (Å²) in [5.41, 5.74) is 1.45. The second-order valence-electron chi connectivity index (χ2n) is 6.53. The summed E-state index contributed by atoms with van der Waals surface area (Å²) in [6.45, 7) is 8.24. The third-order valence-electron chi connectivity index (χ3n) is 4.71. The second kappa shape index (κ2) is 9.22. The van der Waals surface area contributed by atoms with E-state index in [1.165, 1.54) is 50.8 Å². The van der Waals surface area contributed by atoms with Crippen LogP contribution in [0, 0.1) is 0 Å². The van der Waals surface area contributed by atoms with Crippen molar-refractivity contribution in [1.29, 1.82) is 0 Å². The first-order valence-corrected chi connectivity index (χ1v) is 8.81. The van der Waals surface area contributed by atoms with Gasteiger partial charge in [0.25, 0.3) is 0 Å². The monoisotopic (exact) mass is 288 g/mol. The molecule has 118 valence electrons. The first kappa shape index (κ1) is 16.5. The van der Waals surface area contributed by atoms with E-state index in [2.05, 4.69) is 54.4 Å². The number of hydrogen-bond donors (Lipinski definition) is 1. The molecule has 2 nitrogen and oxygen atoms in total. The third-order valence-corrected chi connectivity index (χ3v) is 4.71. The fraction of sp³-hybridized carbons (Fsp3) is 0.684. The van der Waals surface area contributed by atoms with Crippen molar-refractivity contribution in [3.05, 3.63) is 35.9 Å². The number of piperazine rings is 1. The highest BCUT2D eigenvalue weighted by Gasteiger charge is 2.22. The van der Waals surface area contributed by atoms with Crippen molar-refractivity contribution in [1.82, 2.24) is 10.2 Å². The number of nitrogens with one attached hydrogen (secondary N) is 1. The van der Waals surface area contributed by atoms with Crippen LogP contribution < -0.4 is 5.32 Å². The van der Waals surface area contributed by atoms with E-state index in [9.17, 15) is 0 Å². The van der Waals surface area contributed by atoms with Crippen LogP contribution in [0.3, 0.4) is 0 Å². The van der Waals surface area contributed by atoms with Crippen LogP contribution in [0.5, 0.6) is 0 Å². The van der Waals surface area contributed by atoms with Crippen LogP contribution in [0.2, 0.25) is 0 Å². The summed E-state index contributed by atoms with van der Waals surface area (Å²) in [6, 6.07) is 12.2. The molecule has 1 N–H and O–H groups in total. The van der Waals surface area contributed by atoms with Crippen LogP contribution in [0.4, 0.5) is 0 Å². The van der Waals surface area contributed by atoms with Crippen molar-refractivity contribution in [3.8, 4) is 0 Å². The fourth-order valence-corrected chi connectivity index (χ4v) is 3.34. The number of rotatable bonds is 8. The van der Waals surface area contributed by atoms with Crippen LogP contribution in [-0.4, -0.2) is 36.6 Å². The highest BCUT2D eigenvalue weighted by atomic mass is 15.2. The minimum absolute atomic E-state index is 0.610. The summed E-state index contributed by atoms with van der Waals surface area (Å²) >= 11 is 0. The molecule has 1 aromatic carbocycles. The molecule has 2 heteroatoms. The summed E-state index contributed by atoms with van der Waals surface area (Å²) < 4.78 is 0. The Morgan fingerprint density at radius 3 is 2.76 bits per heavy atom. The molecule has 1 fully saturated rings. The van der Waals surface area contributed by atoms with Crippen LogP contribution in [-0.2, 0) is 6.42 Å². The number of unbranched alkanes of at least 4 members (excludes halogenated alkanes) is 3. The average Bonchev–Trinajstić information content (AvgIpc) is 2.53. The Morgan fingerprint density at radius 2 is 2.00 bits per heavy atom. The lowest BCUT2D eigenvalue weighted by Gasteiger charge is -2.37. The van der Waals surface area contributed by atoms with Gasteiger partial charge in [-0.3, -0.25) is 4.90 Å². The molecule has 2 atom stereocenters. The summed E-state index contributed by atoms with van der Waals surface area (Å²) in [4.78, 5) is 2.69. The largest absolute Gasteiger partial charge is 0.311 e. The van der Waals surface area contributed by atoms with Crippen molar-refractivity contribution in [2.24, 2.45) is 0 Å². The van der Waals surface area contributed by atoms with E-state index in [1.807, 2.05) is 0 Å². The molecule has 0 aromatic heterocycles. The molecule has 0 saturated carbocycles. The van der Waals surface area contributed by atoms with Gasteiger partial charge < -0.3 is 5.32 Å². The number of benzene rings is 1. The molecular formula is C19H32N2. The molecular weight excluding hydrogens is 256 g/mol. The van der Waals surface area contributed by atoms with Crippen molar-refractivity contribution in [3.63, 3.8) is 0 Å². The van der Waals surface area contributed by atoms with Crippen LogP contribution in [0.25, 0.3) is 0 Å². The summed E-state index contributed by atoms with van der Waals surface area (Å²) in [6.07, 6.45) is 8.03. The molecule has 2 rings (SSSR count). The average molecular weight is 288 g/mol. The molecule has 1 aliphatic rings. The molecule has 0 amide bonds. The van der Waals surface area contributed by atoms with Crippen LogP contribution >= 0.6 is 0 Å². The Balaban J connectivity index is 1.74. The molecule has 2 unspecified atom stereocenters. The Morgan fingerprint density at radius 1 is 1.19 bits per heavy atom. The van der Waals surface area contributed by atoms with Crippen LogP contribution in [0.15, 0.2) is 30.3 Å². The molecule has 1 aliphatic heterocycles. The molecule has 1 heterocycles. The van der Waals surface area contributed by atoms with E-state index in [4.69, 9.17) is 0 Å². The minimum atomic E-state index is 0.610. The van der Waals surface area contributed by atoms with Crippen molar-refractivity contribution >= 4 is 0 Å². The third kappa shape index (κ3) is 5.80.